The van der Waals surface area contributed by atoms with E-state index in [1.165, 1.54) is 24.6 Å². The summed E-state index contributed by atoms with van der Waals surface area (Å²) >= 11 is 0. The van der Waals surface area contributed by atoms with Gasteiger partial charge in [0, 0.05) is 25.2 Å². The molecule has 1 N–H and O–H groups in total. The predicted molar refractivity (Wildman–Crippen MR) is 108 cm³/mol. The summed E-state index contributed by atoms with van der Waals surface area (Å²) in [6.45, 7) is 4.64. The number of hydrogen-bond donors (Lipinski definition) is 1. The Morgan fingerprint density at radius 2 is 2.03 bits per heavy atom. The monoisotopic (exact) mass is 394 g/mol. The summed E-state index contributed by atoms with van der Waals surface area (Å²) in [6.07, 6.45) is 3.88. The number of Topliss-reactive ketones (excluding diaryl/α,β-unsaturated/α-hetero) is 1. The van der Waals surface area contributed by atoms with Crippen molar-refractivity contribution in [1.82, 2.24) is 4.90 Å². The van der Waals surface area contributed by atoms with Crippen molar-refractivity contribution in [2.45, 2.75) is 26.3 Å². The van der Waals surface area contributed by atoms with E-state index in [4.69, 9.17) is 4.74 Å². The summed E-state index contributed by atoms with van der Waals surface area (Å²) in [5, 5.41) is 21.2. The minimum Gasteiger partial charge on any atom is -0.507 e. The Balaban J connectivity index is 1.61. The number of phenolic OH excluding ortho intramolecular Hbond substituents is 1. The maximum Gasteiger partial charge on any atom is 0.269 e. The highest BCUT2D eigenvalue weighted by Gasteiger charge is 2.32. The molecule has 2 aromatic rings. The Bertz CT molecular complexity index is 997. The number of allylic oxidation sites excluding steroid dienone is 1. The van der Waals surface area contributed by atoms with E-state index in [-0.39, 0.29) is 23.0 Å². The topological polar surface area (TPSA) is 92.9 Å². The second kappa shape index (κ2) is 7.67. The van der Waals surface area contributed by atoms with Crippen molar-refractivity contribution < 1.29 is 19.6 Å². The van der Waals surface area contributed by atoms with E-state index in [9.17, 15) is 20.0 Å². The molecule has 2 heterocycles. The summed E-state index contributed by atoms with van der Waals surface area (Å²) in [5.41, 5.74) is 1.66. The summed E-state index contributed by atoms with van der Waals surface area (Å²) in [5.74, 6) is 1.01. The zero-order chi connectivity index (χ0) is 20.5. The number of ketones is 1. The lowest BCUT2D eigenvalue weighted by Gasteiger charge is -2.31. The predicted octanol–water partition coefficient (Wildman–Crippen LogP) is 4.15. The quantitative estimate of drug-likeness (QED) is 0.476. The molecule has 4 rings (SSSR count). The van der Waals surface area contributed by atoms with Crippen molar-refractivity contribution in [1.29, 1.82) is 0 Å². The van der Waals surface area contributed by atoms with Crippen molar-refractivity contribution >= 4 is 17.5 Å². The lowest BCUT2D eigenvalue weighted by atomic mass is 9.99. The summed E-state index contributed by atoms with van der Waals surface area (Å²) in [7, 11) is 0. The van der Waals surface area contributed by atoms with Gasteiger partial charge in [0.25, 0.3) is 5.69 Å². The summed E-state index contributed by atoms with van der Waals surface area (Å²) in [4.78, 5) is 25.4. The number of carbonyl (C=O) groups excluding carboxylic acids is 1. The SMILES string of the molecule is CC1CCCN(Cc2c(O)ccc3c2OC(=Cc2ccc([N+](=O)[O-])cc2)C3=O)C1. The fraction of sp³-hybridized carbons (Fsp3) is 0.318. The van der Waals surface area contributed by atoms with Crippen molar-refractivity contribution in [2.75, 3.05) is 13.1 Å². The molecule has 0 radical (unpaired) electrons. The third kappa shape index (κ3) is 3.86. The largest absolute Gasteiger partial charge is 0.507 e. The molecule has 2 aromatic carbocycles. The number of non-ortho nitro benzene ring substituents is 1. The fourth-order valence-electron chi connectivity index (χ4n) is 3.95. The van der Waals surface area contributed by atoms with Gasteiger partial charge in [-0.3, -0.25) is 19.8 Å². The van der Waals surface area contributed by atoms with Crippen molar-refractivity contribution in [2.24, 2.45) is 5.92 Å². The summed E-state index contributed by atoms with van der Waals surface area (Å²) in [6, 6.07) is 9.02. The Hall–Kier alpha value is -3.19. The molecule has 150 valence electrons. The number of benzene rings is 2. The van der Waals surface area contributed by atoms with Crippen LogP contribution < -0.4 is 4.74 Å². The normalized spacial score (nSPS) is 20.5. The summed E-state index contributed by atoms with van der Waals surface area (Å²) < 4.78 is 5.87. The maximum atomic E-state index is 12.8. The molecular weight excluding hydrogens is 372 g/mol. The number of carbonyl (C=O) groups is 1. The smallest absolute Gasteiger partial charge is 0.269 e. The highest BCUT2D eigenvalue weighted by atomic mass is 16.6. The number of piperidine rings is 1. The molecule has 0 bridgehead atoms. The van der Waals surface area contributed by atoms with Crippen LogP contribution in [0.5, 0.6) is 11.5 Å². The van der Waals surface area contributed by atoms with Gasteiger partial charge in [-0.2, -0.15) is 0 Å². The van der Waals surface area contributed by atoms with Gasteiger partial charge in [0.2, 0.25) is 5.78 Å². The number of fused-ring (bicyclic) bond motifs is 1. The molecule has 0 aliphatic carbocycles. The Morgan fingerprint density at radius 3 is 2.72 bits per heavy atom. The van der Waals surface area contributed by atoms with Gasteiger partial charge in [0.1, 0.15) is 11.5 Å². The van der Waals surface area contributed by atoms with E-state index in [2.05, 4.69) is 11.8 Å². The number of phenols is 1. The second-order valence-corrected chi connectivity index (χ2v) is 7.71. The highest BCUT2D eigenvalue weighted by Crippen LogP contribution is 2.40. The van der Waals surface area contributed by atoms with Gasteiger partial charge in [-0.15, -0.1) is 0 Å². The Morgan fingerprint density at radius 1 is 1.28 bits per heavy atom. The number of rotatable bonds is 4. The van der Waals surface area contributed by atoms with Gasteiger partial charge in [0.15, 0.2) is 5.76 Å². The molecule has 0 saturated carbocycles. The fourth-order valence-corrected chi connectivity index (χ4v) is 3.95. The lowest BCUT2D eigenvalue weighted by Crippen LogP contribution is -2.33. The standard InChI is InChI=1S/C22H22N2O5/c1-14-3-2-10-23(12-14)13-18-19(25)9-8-17-21(26)20(29-22(17)18)11-15-4-6-16(7-5-15)24(27)28/h4-9,11,14,25H,2-3,10,12-13H2,1H3. The maximum absolute atomic E-state index is 12.8. The lowest BCUT2D eigenvalue weighted by molar-refractivity contribution is -0.384. The molecule has 0 spiro atoms. The van der Waals surface area contributed by atoms with Gasteiger partial charge in [-0.1, -0.05) is 6.92 Å². The minimum atomic E-state index is -0.472. The van der Waals surface area contributed by atoms with E-state index < -0.39 is 4.92 Å². The van der Waals surface area contributed by atoms with E-state index in [0.29, 0.717) is 34.9 Å². The van der Waals surface area contributed by atoms with Gasteiger partial charge in [-0.05, 0) is 61.2 Å². The first kappa shape index (κ1) is 19.1. The molecule has 7 nitrogen and oxygen atoms in total. The zero-order valence-corrected chi connectivity index (χ0v) is 16.1. The van der Waals surface area contributed by atoms with Crippen LogP contribution in [0.25, 0.3) is 6.08 Å². The van der Waals surface area contributed by atoms with Gasteiger partial charge >= 0.3 is 0 Å². The van der Waals surface area contributed by atoms with Crippen LogP contribution in [0.1, 0.15) is 41.3 Å². The molecule has 2 aliphatic rings. The van der Waals surface area contributed by atoms with Crippen molar-refractivity contribution in [3.05, 3.63) is 69.0 Å². The van der Waals surface area contributed by atoms with Crippen LogP contribution in [-0.2, 0) is 6.54 Å². The van der Waals surface area contributed by atoms with E-state index in [0.717, 1.165) is 19.5 Å². The molecule has 0 amide bonds. The first-order chi connectivity index (χ1) is 13.9. The second-order valence-electron chi connectivity index (χ2n) is 7.71. The number of nitro groups is 1. The van der Waals surface area contributed by atoms with Gasteiger partial charge < -0.3 is 9.84 Å². The average Bonchev–Trinajstić information content (AvgIpc) is 3.00. The molecule has 0 aromatic heterocycles. The molecule has 1 saturated heterocycles. The number of likely N-dealkylation sites (tertiary alicyclic amines) is 1. The number of aromatic hydroxyl groups is 1. The first-order valence-corrected chi connectivity index (χ1v) is 9.68. The van der Waals surface area contributed by atoms with Crippen LogP contribution >= 0.6 is 0 Å². The Kier molecular flexibility index (Phi) is 5.07. The van der Waals surface area contributed by atoms with Crippen LogP contribution in [0.3, 0.4) is 0 Å². The molecule has 29 heavy (non-hydrogen) atoms. The zero-order valence-electron chi connectivity index (χ0n) is 16.1. The number of ether oxygens (including phenoxy) is 1. The van der Waals surface area contributed by atoms with Crippen LogP contribution in [0.15, 0.2) is 42.2 Å². The Labute approximate surface area is 168 Å². The number of nitrogens with zero attached hydrogens (tertiary/aromatic N) is 2. The third-order valence-electron chi connectivity index (χ3n) is 5.44. The van der Waals surface area contributed by atoms with Gasteiger partial charge in [0.05, 0.1) is 16.1 Å². The molecule has 1 fully saturated rings. The first-order valence-electron chi connectivity index (χ1n) is 9.68. The third-order valence-corrected chi connectivity index (χ3v) is 5.44. The van der Waals surface area contributed by atoms with Crippen LogP contribution in [0.4, 0.5) is 5.69 Å². The van der Waals surface area contributed by atoms with Crippen LogP contribution in [0.2, 0.25) is 0 Å². The van der Waals surface area contributed by atoms with Crippen LogP contribution in [0, 0.1) is 16.0 Å². The average molecular weight is 394 g/mol. The van der Waals surface area contributed by atoms with Crippen molar-refractivity contribution in [3.8, 4) is 11.5 Å². The van der Waals surface area contributed by atoms with E-state index >= 15 is 0 Å². The van der Waals surface area contributed by atoms with E-state index in [1.54, 1.807) is 24.3 Å². The van der Waals surface area contributed by atoms with Crippen molar-refractivity contribution in [3.63, 3.8) is 0 Å². The van der Waals surface area contributed by atoms with E-state index in [1.807, 2.05) is 0 Å². The number of hydrogen-bond acceptors (Lipinski definition) is 6. The molecule has 7 heteroatoms. The molecular formula is C22H22N2O5. The number of nitro benzene ring substituents is 1. The molecule has 2 aliphatic heterocycles. The minimum absolute atomic E-state index is 0.0166. The van der Waals surface area contributed by atoms with Gasteiger partial charge in [-0.25, -0.2) is 0 Å². The molecule has 1 unspecified atom stereocenters. The molecule has 1 atom stereocenters. The van der Waals surface area contributed by atoms with Crippen LogP contribution in [-0.4, -0.2) is 33.8 Å². The highest BCUT2D eigenvalue weighted by molar-refractivity contribution is 6.15.